The molecule has 5 heteroatoms. The smallest absolute Gasteiger partial charge is 0.147 e. The number of nitrogens with one attached hydrogen (secondary N) is 1. The largest absolute Gasteiger partial charge is 0.382 e. The van der Waals surface area contributed by atoms with E-state index in [2.05, 4.69) is 40.9 Å². The van der Waals surface area contributed by atoms with E-state index in [1.165, 1.54) is 21.3 Å². The third-order valence-electron chi connectivity index (χ3n) is 3.00. The number of nitrogen functional groups attached to an aromatic ring is 1. The van der Waals surface area contributed by atoms with Crippen LogP contribution in [0, 0.1) is 6.92 Å². The zero-order valence-electron chi connectivity index (χ0n) is 11.1. The molecule has 102 valence electrons. The van der Waals surface area contributed by atoms with Gasteiger partial charge in [-0.3, -0.25) is 0 Å². The van der Waals surface area contributed by atoms with Gasteiger partial charge in [0.15, 0.2) is 0 Å². The second-order valence-corrected chi connectivity index (χ2v) is 6.65. The van der Waals surface area contributed by atoms with Gasteiger partial charge in [0, 0.05) is 9.75 Å². The Kier molecular flexibility index (Phi) is 3.71. The van der Waals surface area contributed by atoms with Crippen molar-refractivity contribution in [3.63, 3.8) is 0 Å². The van der Waals surface area contributed by atoms with Crippen LogP contribution in [0.5, 0.6) is 0 Å². The Hall–Kier alpha value is -1.85. The minimum absolute atomic E-state index is 0.589. The molecule has 0 spiro atoms. The molecule has 0 fully saturated rings. The van der Waals surface area contributed by atoms with Crippen LogP contribution in [0.2, 0.25) is 0 Å². The number of aromatic nitrogens is 1. The fraction of sp³-hybridized carbons (Fsp3) is 0.133. The van der Waals surface area contributed by atoms with Gasteiger partial charge in [0.2, 0.25) is 0 Å². The molecule has 0 aliphatic rings. The van der Waals surface area contributed by atoms with E-state index < -0.39 is 0 Å². The summed E-state index contributed by atoms with van der Waals surface area (Å²) in [5.41, 5.74) is 8.11. The Morgan fingerprint density at radius 1 is 1.15 bits per heavy atom. The predicted octanol–water partition coefficient (Wildman–Crippen LogP) is 4.37. The second kappa shape index (κ2) is 5.64. The van der Waals surface area contributed by atoms with E-state index in [1.807, 2.05) is 18.2 Å². The van der Waals surface area contributed by atoms with Gasteiger partial charge >= 0.3 is 0 Å². The molecule has 0 aliphatic heterocycles. The van der Waals surface area contributed by atoms with Gasteiger partial charge < -0.3 is 11.1 Å². The predicted molar refractivity (Wildman–Crippen MR) is 88.3 cm³/mol. The molecule has 0 saturated heterocycles. The molecule has 0 saturated carbocycles. The quantitative estimate of drug-likeness (QED) is 0.752. The van der Waals surface area contributed by atoms with Gasteiger partial charge in [0.05, 0.1) is 12.1 Å². The number of nitrogens with zero attached hydrogens (tertiary/aromatic N) is 1. The van der Waals surface area contributed by atoms with Crippen molar-refractivity contribution in [3.05, 3.63) is 52.2 Å². The van der Waals surface area contributed by atoms with Crippen LogP contribution in [0.25, 0.3) is 11.1 Å². The topological polar surface area (TPSA) is 50.9 Å². The van der Waals surface area contributed by atoms with Crippen molar-refractivity contribution in [1.82, 2.24) is 4.37 Å². The van der Waals surface area contributed by atoms with Crippen molar-refractivity contribution < 1.29 is 0 Å². The fourth-order valence-electron chi connectivity index (χ4n) is 2.05. The standard InChI is InChI=1S/C15H15N3S2/c1-10-7-8-12(19-10)9-17-15-13(14(16)18-20-15)11-5-3-2-4-6-11/h2-8,17H,9H2,1H3,(H2,16,18). The average molecular weight is 301 g/mol. The molecule has 1 aromatic carbocycles. The Balaban J connectivity index is 1.84. The second-order valence-electron chi connectivity index (χ2n) is 4.50. The molecule has 0 atom stereocenters. The lowest BCUT2D eigenvalue weighted by Crippen LogP contribution is -1.97. The van der Waals surface area contributed by atoms with Crippen molar-refractivity contribution >= 4 is 33.7 Å². The first-order valence-electron chi connectivity index (χ1n) is 6.34. The molecule has 0 amide bonds. The van der Waals surface area contributed by atoms with Crippen LogP contribution in [-0.4, -0.2) is 4.37 Å². The maximum absolute atomic E-state index is 6.01. The molecule has 0 bridgehead atoms. The third-order valence-corrected chi connectivity index (χ3v) is 4.82. The number of nitrogens with two attached hydrogens (primary N) is 1. The van der Waals surface area contributed by atoms with Crippen LogP contribution in [0.1, 0.15) is 9.75 Å². The van der Waals surface area contributed by atoms with Crippen molar-refractivity contribution in [2.24, 2.45) is 0 Å². The van der Waals surface area contributed by atoms with E-state index in [-0.39, 0.29) is 0 Å². The molecule has 3 rings (SSSR count). The summed E-state index contributed by atoms with van der Waals surface area (Å²) in [5.74, 6) is 0.589. The minimum atomic E-state index is 0.589. The molecule has 3 nitrogen and oxygen atoms in total. The zero-order chi connectivity index (χ0) is 13.9. The van der Waals surface area contributed by atoms with Crippen LogP contribution < -0.4 is 11.1 Å². The number of hydrogen-bond donors (Lipinski definition) is 2. The Morgan fingerprint density at radius 3 is 2.65 bits per heavy atom. The molecule has 2 aromatic heterocycles. The summed E-state index contributed by atoms with van der Waals surface area (Å²) in [5, 5.41) is 4.48. The lowest BCUT2D eigenvalue weighted by Gasteiger charge is -2.06. The van der Waals surface area contributed by atoms with E-state index >= 15 is 0 Å². The summed E-state index contributed by atoms with van der Waals surface area (Å²) in [7, 11) is 0. The van der Waals surface area contributed by atoms with Crippen LogP contribution >= 0.6 is 22.9 Å². The molecule has 0 radical (unpaired) electrons. The minimum Gasteiger partial charge on any atom is -0.382 e. The van der Waals surface area contributed by atoms with Crippen LogP contribution in [0.15, 0.2) is 42.5 Å². The number of anilines is 2. The van der Waals surface area contributed by atoms with E-state index in [9.17, 15) is 0 Å². The highest BCUT2D eigenvalue weighted by atomic mass is 32.1. The molecule has 2 heterocycles. The van der Waals surface area contributed by atoms with Crippen LogP contribution in [-0.2, 0) is 6.54 Å². The van der Waals surface area contributed by atoms with Gasteiger partial charge in [-0.1, -0.05) is 30.3 Å². The maximum atomic E-state index is 6.01. The van der Waals surface area contributed by atoms with Crippen LogP contribution in [0.3, 0.4) is 0 Å². The first kappa shape index (κ1) is 13.1. The van der Waals surface area contributed by atoms with E-state index in [0.717, 1.165) is 22.7 Å². The number of thiophene rings is 1. The monoisotopic (exact) mass is 301 g/mol. The highest BCUT2D eigenvalue weighted by Gasteiger charge is 2.13. The first-order chi connectivity index (χ1) is 9.74. The van der Waals surface area contributed by atoms with Crippen LogP contribution in [0.4, 0.5) is 10.8 Å². The summed E-state index contributed by atoms with van der Waals surface area (Å²) in [4.78, 5) is 2.64. The van der Waals surface area contributed by atoms with E-state index in [0.29, 0.717) is 5.82 Å². The van der Waals surface area contributed by atoms with Gasteiger partial charge in [-0.05, 0) is 36.2 Å². The summed E-state index contributed by atoms with van der Waals surface area (Å²) in [6, 6.07) is 14.4. The maximum Gasteiger partial charge on any atom is 0.147 e. The van der Waals surface area contributed by atoms with E-state index in [4.69, 9.17) is 5.73 Å². The summed E-state index contributed by atoms with van der Waals surface area (Å²) >= 11 is 3.22. The number of rotatable bonds is 4. The zero-order valence-corrected chi connectivity index (χ0v) is 12.7. The van der Waals surface area contributed by atoms with Gasteiger partial charge in [-0.15, -0.1) is 11.3 Å². The van der Waals surface area contributed by atoms with Crippen molar-refractivity contribution in [3.8, 4) is 11.1 Å². The SMILES string of the molecule is Cc1ccc(CNc2snc(N)c2-c2ccccc2)s1. The number of benzene rings is 1. The molecular formula is C15H15N3S2. The lowest BCUT2D eigenvalue weighted by molar-refractivity contribution is 1.21. The van der Waals surface area contributed by atoms with Crippen molar-refractivity contribution in [1.29, 1.82) is 0 Å². The van der Waals surface area contributed by atoms with E-state index in [1.54, 1.807) is 11.3 Å². The average Bonchev–Trinajstić information content (AvgIpc) is 3.03. The molecular weight excluding hydrogens is 286 g/mol. The summed E-state index contributed by atoms with van der Waals surface area (Å²) < 4.78 is 4.27. The van der Waals surface area contributed by atoms with Gasteiger partial charge in [-0.25, -0.2) is 0 Å². The molecule has 3 N–H and O–H groups in total. The fourth-order valence-corrected chi connectivity index (χ4v) is 3.62. The Morgan fingerprint density at radius 2 is 1.95 bits per heavy atom. The highest BCUT2D eigenvalue weighted by molar-refractivity contribution is 7.12. The molecule has 0 aliphatic carbocycles. The number of hydrogen-bond acceptors (Lipinski definition) is 5. The van der Waals surface area contributed by atoms with Crippen molar-refractivity contribution in [2.75, 3.05) is 11.1 Å². The van der Waals surface area contributed by atoms with Gasteiger partial charge in [-0.2, -0.15) is 4.37 Å². The Labute approximate surface area is 126 Å². The lowest BCUT2D eigenvalue weighted by atomic mass is 10.1. The summed E-state index contributed by atoms with van der Waals surface area (Å²) in [6.07, 6.45) is 0. The summed E-state index contributed by atoms with van der Waals surface area (Å²) in [6.45, 7) is 2.92. The van der Waals surface area contributed by atoms with Gasteiger partial charge in [0.25, 0.3) is 0 Å². The van der Waals surface area contributed by atoms with Crippen molar-refractivity contribution in [2.45, 2.75) is 13.5 Å². The van der Waals surface area contributed by atoms with Gasteiger partial charge in [0.1, 0.15) is 10.8 Å². The first-order valence-corrected chi connectivity index (χ1v) is 7.93. The Bertz CT molecular complexity index is 701. The molecule has 0 unspecified atom stereocenters. The number of aryl methyl sites for hydroxylation is 1. The third kappa shape index (κ3) is 2.69. The molecule has 20 heavy (non-hydrogen) atoms. The molecule has 3 aromatic rings. The normalized spacial score (nSPS) is 10.7. The highest BCUT2D eigenvalue weighted by Crippen LogP contribution is 2.37.